The zero-order chi connectivity index (χ0) is 14.4. The normalized spacial score (nSPS) is 13.5. The molecule has 104 valence electrons. The van der Waals surface area contributed by atoms with E-state index in [4.69, 9.17) is 9.84 Å². The van der Waals surface area contributed by atoms with Crippen LogP contribution in [0.25, 0.3) is 0 Å². The molecule has 0 spiro atoms. The van der Waals surface area contributed by atoms with Crippen molar-refractivity contribution < 1.29 is 19.7 Å². The van der Waals surface area contributed by atoms with Crippen LogP contribution in [0.15, 0.2) is 60.7 Å². The maximum atomic E-state index is 12.0. The maximum Gasteiger partial charge on any atom is 0.338 e. The molecule has 4 heteroatoms. The highest BCUT2D eigenvalue weighted by molar-refractivity contribution is 5.89. The first-order chi connectivity index (χ1) is 9.72. The summed E-state index contributed by atoms with van der Waals surface area (Å²) in [5.74, 6) is -0.535. The summed E-state index contributed by atoms with van der Waals surface area (Å²) in [6, 6.07) is 17.4. The summed E-state index contributed by atoms with van der Waals surface area (Å²) in [5.41, 5.74) is 1.04. The molecule has 0 saturated heterocycles. The molecule has 0 bridgehead atoms. The second-order valence-corrected chi connectivity index (χ2v) is 4.35. The zero-order valence-electron chi connectivity index (χ0n) is 10.8. The lowest BCUT2D eigenvalue weighted by Gasteiger charge is -2.22. The Kier molecular flexibility index (Phi) is 4.87. The number of aliphatic hydroxyl groups excluding tert-OH is 2. The van der Waals surface area contributed by atoms with Gasteiger partial charge < -0.3 is 14.9 Å². The molecule has 2 aromatic rings. The molecule has 20 heavy (non-hydrogen) atoms. The second kappa shape index (κ2) is 6.84. The lowest BCUT2D eigenvalue weighted by atomic mass is 10.0. The average molecular weight is 272 g/mol. The van der Waals surface area contributed by atoms with Crippen molar-refractivity contribution in [1.29, 1.82) is 0 Å². The van der Waals surface area contributed by atoms with Gasteiger partial charge in [-0.05, 0) is 17.7 Å². The monoisotopic (exact) mass is 272 g/mol. The van der Waals surface area contributed by atoms with Crippen molar-refractivity contribution in [3.8, 4) is 0 Å². The molecule has 4 nitrogen and oxygen atoms in total. The van der Waals surface area contributed by atoms with E-state index >= 15 is 0 Å². The predicted octanol–water partition coefficient (Wildman–Crippen LogP) is 1.94. The van der Waals surface area contributed by atoms with Crippen LogP contribution in [0.2, 0.25) is 0 Å². The highest BCUT2D eigenvalue weighted by Gasteiger charge is 2.25. The third-order valence-corrected chi connectivity index (χ3v) is 2.91. The Labute approximate surface area is 117 Å². The fraction of sp³-hybridized carbons (Fsp3) is 0.188. The fourth-order valence-corrected chi connectivity index (χ4v) is 1.86. The van der Waals surface area contributed by atoms with Crippen molar-refractivity contribution in [2.45, 2.75) is 12.2 Å². The zero-order valence-corrected chi connectivity index (χ0v) is 10.8. The van der Waals surface area contributed by atoms with Gasteiger partial charge in [-0.25, -0.2) is 4.79 Å². The third kappa shape index (κ3) is 3.44. The van der Waals surface area contributed by atoms with E-state index in [2.05, 4.69) is 0 Å². The molecule has 2 atom stereocenters. The van der Waals surface area contributed by atoms with Gasteiger partial charge in [0.2, 0.25) is 0 Å². The molecule has 0 heterocycles. The number of carbonyl (C=O) groups excluding carboxylic acids is 1. The Balaban J connectivity index is 2.19. The summed E-state index contributed by atoms with van der Waals surface area (Å²) in [6.45, 7) is -0.484. The van der Waals surface area contributed by atoms with Gasteiger partial charge in [-0.3, -0.25) is 0 Å². The molecule has 0 aromatic heterocycles. The van der Waals surface area contributed by atoms with Crippen LogP contribution in [0.3, 0.4) is 0 Å². The molecule has 0 saturated carbocycles. The highest BCUT2D eigenvalue weighted by Crippen LogP contribution is 2.22. The molecular formula is C16H16O4. The topological polar surface area (TPSA) is 66.8 Å². The minimum absolute atomic E-state index is 0.401. The number of benzene rings is 2. The van der Waals surface area contributed by atoms with Gasteiger partial charge in [0.05, 0.1) is 12.2 Å². The van der Waals surface area contributed by atoms with E-state index in [0.717, 1.165) is 0 Å². The minimum Gasteiger partial charge on any atom is -0.451 e. The SMILES string of the molecule is O=C(O[C@H](c1ccccc1)[C@@H](O)CO)c1ccccc1. The van der Waals surface area contributed by atoms with Gasteiger partial charge in [0.25, 0.3) is 0 Å². The number of ether oxygens (including phenoxy) is 1. The molecule has 0 amide bonds. The Morgan fingerprint density at radius 2 is 1.55 bits per heavy atom. The fourth-order valence-electron chi connectivity index (χ4n) is 1.86. The Morgan fingerprint density at radius 1 is 1.00 bits per heavy atom. The van der Waals surface area contributed by atoms with Crippen LogP contribution >= 0.6 is 0 Å². The average Bonchev–Trinajstić information content (AvgIpc) is 2.53. The Bertz CT molecular complexity index is 539. The lowest BCUT2D eigenvalue weighted by molar-refractivity contribution is -0.0386. The molecular weight excluding hydrogens is 256 g/mol. The largest absolute Gasteiger partial charge is 0.451 e. The molecule has 0 fully saturated rings. The van der Waals surface area contributed by atoms with Gasteiger partial charge in [-0.15, -0.1) is 0 Å². The van der Waals surface area contributed by atoms with Gasteiger partial charge in [-0.2, -0.15) is 0 Å². The molecule has 0 radical (unpaired) electrons. The summed E-state index contributed by atoms with van der Waals surface area (Å²) in [6.07, 6.45) is -2.06. The second-order valence-electron chi connectivity index (χ2n) is 4.35. The van der Waals surface area contributed by atoms with Crippen LogP contribution in [-0.2, 0) is 4.74 Å². The summed E-state index contributed by atoms with van der Waals surface area (Å²) in [4.78, 5) is 12.0. The quantitative estimate of drug-likeness (QED) is 0.816. The molecule has 0 aliphatic heterocycles. The first-order valence-electron chi connectivity index (χ1n) is 6.32. The maximum absolute atomic E-state index is 12.0. The molecule has 0 unspecified atom stereocenters. The van der Waals surface area contributed by atoms with Crippen molar-refractivity contribution in [1.82, 2.24) is 0 Å². The standard InChI is InChI=1S/C16H16O4/c17-11-14(18)15(12-7-3-1-4-8-12)20-16(19)13-9-5-2-6-10-13/h1-10,14-15,17-18H,11H2/t14-,15+/m0/s1. The first kappa shape index (κ1) is 14.2. The van der Waals surface area contributed by atoms with E-state index in [-0.39, 0.29) is 0 Å². The summed E-state index contributed by atoms with van der Waals surface area (Å²) >= 11 is 0. The van der Waals surface area contributed by atoms with E-state index in [1.54, 1.807) is 54.6 Å². The van der Waals surface area contributed by atoms with Crippen molar-refractivity contribution >= 4 is 5.97 Å². The molecule has 2 rings (SSSR count). The molecule has 0 aliphatic carbocycles. The highest BCUT2D eigenvalue weighted by atomic mass is 16.6. The van der Waals surface area contributed by atoms with E-state index in [0.29, 0.717) is 11.1 Å². The number of carbonyl (C=O) groups is 1. The van der Waals surface area contributed by atoms with Crippen LogP contribution in [0, 0.1) is 0 Å². The van der Waals surface area contributed by atoms with Crippen LogP contribution in [-0.4, -0.2) is 28.9 Å². The van der Waals surface area contributed by atoms with Crippen molar-refractivity contribution in [3.05, 3.63) is 71.8 Å². The van der Waals surface area contributed by atoms with Gasteiger partial charge in [0, 0.05) is 0 Å². The van der Waals surface area contributed by atoms with E-state index < -0.39 is 24.8 Å². The van der Waals surface area contributed by atoms with Gasteiger partial charge in [0.1, 0.15) is 6.10 Å². The van der Waals surface area contributed by atoms with Crippen LogP contribution in [0.5, 0.6) is 0 Å². The third-order valence-electron chi connectivity index (χ3n) is 2.91. The van der Waals surface area contributed by atoms with Gasteiger partial charge in [0.15, 0.2) is 6.10 Å². The van der Waals surface area contributed by atoms with Gasteiger partial charge >= 0.3 is 5.97 Å². The summed E-state index contributed by atoms with van der Waals surface area (Å²) in [5, 5.41) is 18.9. The number of aliphatic hydroxyl groups is 2. The number of esters is 1. The summed E-state index contributed by atoms with van der Waals surface area (Å²) in [7, 11) is 0. The lowest BCUT2D eigenvalue weighted by Crippen LogP contribution is -2.27. The van der Waals surface area contributed by atoms with Crippen molar-refractivity contribution in [2.24, 2.45) is 0 Å². The van der Waals surface area contributed by atoms with E-state index in [1.165, 1.54) is 0 Å². The molecule has 0 aliphatic rings. The number of rotatable bonds is 5. The van der Waals surface area contributed by atoms with Gasteiger partial charge in [-0.1, -0.05) is 48.5 Å². The number of hydrogen-bond acceptors (Lipinski definition) is 4. The van der Waals surface area contributed by atoms with E-state index in [9.17, 15) is 9.90 Å². The molecule has 2 aromatic carbocycles. The Morgan fingerprint density at radius 3 is 2.10 bits per heavy atom. The predicted molar refractivity (Wildman–Crippen MR) is 74.1 cm³/mol. The van der Waals surface area contributed by atoms with E-state index in [1.807, 2.05) is 6.07 Å². The smallest absolute Gasteiger partial charge is 0.338 e. The first-order valence-corrected chi connectivity index (χ1v) is 6.32. The van der Waals surface area contributed by atoms with Crippen molar-refractivity contribution in [3.63, 3.8) is 0 Å². The van der Waals surface area contributed by atoms with Crippen molar-refractivity contribution in [2.75, 3.05) is 6.61 Å². The summed E-state index contributed by atoms with van der Waals surface area (Å²) < 4.78 is 5.33. The number of hydrogen-bond donors (Lipinski definition) is 2. The minimum atomic E-state index is -1.16. The van der Waals surface area contributed by atoms with Crippen LogP contribution < -0.4 is 0 Å². The Hall–Kier alpha value is -2.17. The van der Waals surface area contributed by atoms with Crippen LogP contribution in [0.1, 0.15) is 22.0 Å². The van der Waals surface area contributed by atoms with Crippen LogP contribution in [0.4, 0.5) is 0 Å². The molecule has 2 N–H and O–H groups in total.